The molecule has 0 saturated carbocycles. The summed E-state index contributed by atoms with van der Waals surface area (Å²) in [5.74, 6) is 6.61. The number of rotatable bonds is 4. The fourth-order valence-electron chi connectivity index (χ4n) is 1.67. The maximum Gasteiger partial charge on any atom is 0.0430 e. The van der Waals surface area contributed by atoms with Gasteiger partial charge < -0.3 is 5.32 Å². The Morgan fingerprint density at radius 1 is 1.22 bits per heavy atom. The van der Waals surface area contributed by atoms with Crippen molar-refractivity contribution in [1.29, 1.82) is 0 Å². The Balaban J connectivity index is 2.76. The maximum atomic E-state index is 3.50. The van der Waals surface area contributed by atoms with Crippen molar-refractivity contribution >= 4 is 22.6 Å². The summed E-state index contributed by atoms with van der Waals surface area (Å²) in [6.45, 7) is 9.54. The molecule has 1 rings (SSSR count). The molecule has 0 spiro atoms. The third kappa shape index (κ3) is 5.88. The maximum absolute atomic E-state index is 3.50. The predicted molar refractivity (Wildman–Crippen MR) is 87.4 cm³/mol. The van der Waals surface area contributed by atoms with Crippen molar-refractivity contribution in [3.63, 3.8) is 0 Å². The van der Waals surface area contributed by atoms with Gasteiger partial charge in [-0.1, -0.05) is 25.0 Å². The lowest BCUT2D eigenvalue weighted by Gasteiger charge is -2.16. The second-order valence-corrected chi connectivity index (χ2v) is 6.66. The van der Waals surface area contributed by atoms with Crippen molar-refractivity contribution in [1.82, 2.24) is 5.32 Å². The molecule has 98 valence electrons. The molecule has 0 heterocycles. The minimum absolute atomic E-state index is 0.0861. The highest BCUT2D eigenvalue weighted by Gasteiger charge is 2.09. The smallest absolute Gasteiger partial charge is 0.0430 e. The molecule has 1 aromatic carbocycles. The molecule has 1 aromatic rings. The molecule has 0 radical (unpaired) electrons. The molecule has 0 aromatic heterocycles. The van der Waals surface area contributed by atoms with E-state index < -0.39 is 0 Å². The van der Waals surface area contributed by atoms with Crippen LogP contribution < -0.4 is 5.32 Å². The lowest BCUT2D eigenvalue weighted by atomic mass is 9.96. The van der Waals surface area contributed by atoms with Crippen molar-refractivity contribution in [3.05, 3.63) is 33.4 Å². The van der Waals surface area contributed by atoms with E-state index in [-0.39, 0.29) is 5.41 Å². The molecule has 18 heavy (non-hydrogen) atoms. The topological polar surface area (TPSA) is 12.0 Å². The van der Waals surface area contributed by atoms with Crippen LogP contribution in [-0.4, -0.2) is 6.54 Å². The third-order valence-corrected chi connectivity index (χ3v) is 3.21. The first-order chi connectivity index (χ1) is 8.42. The molecular weight excluding hydrogens is 333 g/mol. The molecule has 0 aliphatic carbocycles. The van der Waals surface area contributed by atoms with Gasteiger partial charge in [-0.05, 0) is 67.6 Å². The molecule has 1 N–H and O–H groups in total. The molecule has 1 atom stereocenters. The van der Waals surface area contributed by atoms with Crippen LogP contribution in [0.2, 0.25) is 0 Å². The number of hydrogen-bond donors (Lipinski definition) is 1. The molecule has 1 nitrogen and oxygen atoms in total. The van der Waals surface area contributed by atoms with E-state index in [1.807, 2.05) is 0 Å². The highest BCUT2D eigenvalue weighted by atomic mass is 127. The van der Waals surface area contributed by atoms with Crippen LogP contribution in [0.4, 0.5) is 0 Å². The second kappa shape index (κ2) is 7.16. The Labute approximate surface area is 125 Å². The van der Waals surface area contributed by atoms with Crippen LogP contribution in [0.1, 0.15) is 45.7 Å². The highest BCUT2D eigenvalue weighted by molar-refractivity contribution is 14.1. The lowest BCUT2D eigenvalue weighted by molar-refractivity contribution is 0.554. The zero-order valence-corrected chi connectivity index (χ0v) is 13.8. The van der Waals surface area contributed by atoms with Crippen LogP contribution >= 0.6 is 22.6 Å². The zero-order chi connectivity index (χ0) is 13.6. The fraction of sp³-hybridized carbons (Fsp3) is 0.500. The first kappa shape index (κ1) is 15.5. The van der Waals surface area contributed by atoms with Crippen molar-refractivity contribution in [2.75, 3.05) is 6.54 Å². The second-order valence-electron chi connectivity index (χ2n) is 5.42. The van der Waals surface area contributed by atoms with Gasteiger partial charge in [-0.25, -0.2) is 0 Å². The van der Waals surface area contributed by atoms with Crippen molar-refractivity contribution in [2.24, 2.45) is 5.41 Å². The normalized spacial score (nSPS) is 12.7. The van der Waals surface area contributed by atoms with Gasteiger partial charge in [0.15, 0.2) is 0 Å². The van der Waals surface area contributed by atoms with Crippen LogP contribution in [0, 0.1) is 20.8 Å². The summed E-state index contributed by atoms with van der Waals surface area (Å²) < 4.78 is 1.27. The summed E-state index contributed by atoms with van der Waals surface area (Å²) >= 11 is 2.33. The van der Waals surface area contributed by atoms with Gasteiger partial charge in [0.2, 0.25) is 0 Å². The van der Waals surface area contributed by atoms with E-state index in [9.17, 15) is 0 Å². The summed E-state index contributed by atoms with van der Waals surface area (Å²) in [6, 6.07) is 9.01. The molecule has 0 amide bonds. The van der Waals surface area contributed by atoms with Crippen LogP contribution in [0.3, 0.4) is 0 Å². The minimum atomic E-state index is 0.0861. The van der Waals surface area contributed by atoms with Gasteiger partial charge in [0, 0.05) is 21.4 Å². The largest absolute Gasteiger partial charge is 0.309 e. The van der Waals surface area contributed by atoms with Crippen LogP contribution in [0.15, 0.2) is 24.3 Å². The zero-order valence-electron chi connectivity index (χ0n) is 11.7. The molecular formula is C16H22IN. The van der Waals surface area contributed by atoms with E-state index in [4.69, 9.17) is 0 Å². The van der Waals surface area contributed by atoms with E-state index in [2.05, 4.69) is 91.7 Å². The summed E-state index contributed by atoms with van der Waals surface area (Å²) in [6.07, 6.45) is 0.867. The average molecular weight is 355 g/mol. The number of hydrogen-bond acceptors (Lipinski definition) is 1. The summed E-state index contributed by atoms with van der Waals surface area (Å²) in [5, 5.41) is 3.50. The molecule has 0 bridgehead atoms. The van der Waals surface area contributed by atoms with Crippen LogP contribution in [-0.2, 0) is 0 Å². The fourth-order valence-corrected chi connectivity index (χ4v) is 2.03. The number of benzene rings is 1. The van der Waals surface area contributed by atoms with E-state index in [1.54, 1.807) is 0 Å². The average Bonchev–Trinajstić information content (AvgIpc) is 2.27. The summed E-state index contributed by atoms with van der Waals surface area (Å²) in [4.78, 5) is 0. The molecule has 2 heteroatoms. The van der Waals surface area contributed by atoms with Crippen molar-refractivity contribution < 1.29 is 0 Å². The predicted octanol–water partition coefficient (Wildman–Crippen LogP) is 4.38. The van der Waals surface area contributed by atoms with Gasteiger partial charge in [0.05, 0.1) is 0 Å². The van der Waals surface area contributed by atoms with Gasteiger partial charge >= 0.3 is 0 Å². The highest BCUT2D eigenvalue weighted by Crippen LogP contribution is 2.18. The van der Waals surface area contributed by atoms with E-state index in [0.717, 1.165) is 13.0 Å². The number of halogens is 1. The van der Waals surface area contributed by atoms with Gasteiger partial charge in [-0.15, -0.1) is 5.92 Å². The SMILES string of the molecule is CCNC(CC#CC(C)(C)C)c1ccc(I)cc1. The van der Waals surface area contributed by atoms with Gasteiger partial charge in [0.1, 0.15) is 0 Å². The number of nitrogens with one attached hydrogen (secondary N) is 1. The van der Waals surface area contributed by atoms with Crippen molar-refractivity contribution in [2.45, 2.75) is 40.2 Å². The summed E-state index contributed by atoms with van der Waals surface area (Å²) in [5.41, 5.74) is 1.41. The Morgan fingerprint density at radius 3 is 2.33 bits per heavy atom. The van der Waals surface area contributed by atoms with Gasteiger partial charge in [0.25, 0.3) is 0 Å². The monoisotopic (exact) mass is 355 g/mol. The molecule has 0 aliphatic rings. The van der Waals surface area contributed by atoms with Gasteiger partial charge in [-0.2, -0.15) is 0 Å². The van der Waals surface area contributed by atoms with Gasteiger partial charge in [-0.3, -0.25) is 0 Å². The quantitative estimate of drug-likeness (QED) is 0.624. The Morgan fingerprint density at radius 2 is 1.83 bits per heavy atom. The van der Waals surface area contributed by atoms with E-state index >= 15 is 0 Å². The molecule has 0 saturated heterocycles. The molecule has 0 aliphatic heterocycles. The Bertz CT molecular complexity index is 417. The first-order valence-corrected chi connectivity index (χ1v) is 7.49. The molecule has 0 fully saturated rings. The van der Waals surface area contributed by atoms with E-state index in [0.29, 0.717) is 6.04 Å². The van der Waals surface area contributed by atoms with Crippen LogP contribution in [0.5, 0.6) is 0 Å². The first-order valence-electron chi connectivity index (χ1n) is 6.41. The lowest BCUT2D eigenvalue weighted by Crippen LogP contribution is -2.20. The minimum Gasteiger partial charge on any atom is -0.309 e. The van der Waals surface area contributed by atoms with Crippen molar-refractivity contribution in [3.8, 4) is 11.8 Å². The van der Waals surface area contributed by atoms with E-state index in [1.165, 1.54) is 9.13 Å². The third-order valence-electron chi connectivity index (χ3n) is 2.49. The summed E-state index contributed by atoms with van der Waals surface area (Å²) in [7, 11) is 0. The Kier molecular flexibility index (Phi) is 6.17. The standard InChI is InChI=1S/C16H22IN/c1-5-18-15(7-6-12-16(2,3)4)13-8-10-14(17)11-9-13/h8-11,15,18H,5,7H2,1-4H3. The Hall–Kier alpha value is -0.530. The molecule has 1 unspecified atom stereocenters. The van der Waals surface area contributed by atoms with Crippen LogP contribution in [0.25, 0.3) is 0 Å².